The van der Waals surface area contributed by atoms with Gasteiger partial charge < -0.3 is 9.72 Å². The lowest BCUT2D eigenvalue weighted by Crippen LogP contribution is -2.21. The number of rotatable bonds is 5. The molecule has 1 N–H and O–H groups in total. The lowest BCUT2D eigenvalue weighted by molar-refractivity contribution is 0.415. The van der Waals surface area contributed by atoms with Gasteiger partial charge in [-0.05, 0) is 37.3 Å². The highest BCUT2D eigenvalue weighted by molar-refractivity contribution is 6.32. The lowest BCUT2D eigenvalue weighted by atomic mass is 10.0. The number of hydrogen-bond donors (Lipinski definition) is 1. The monoisotopic (exact) mass is 522 g/mol. The Hall–Kier alpha value is -4.69. The first-order chi connectivity index (χ1) is 18.4. The molecule has 0 saturated heterocycles. The van der Waals surface area contributed by atoms with Gasteiger partial charge in [0, 0.05) is 42.2 Å². The van der Waals surface area contributed by atoms with Gasteiger partial charge in [0.15, 0.2) is 0 Å². The Morgan fingerprint density at radius 1 is 0.921 bits per heavy atom. The molecule has 3 aromatic carbocycles. The molecule has 0 saturated carbocycles. The predicted octanol–water partition coefficient (Wildman–Crippen LogP) is 5.81. The Morgan fingerprint density at radius 3 is 2.55 bits per heavy atom. The third-order valence-corrected chi connectivity index (χ3v) is 6.91. The van der Waals surface area contributed by atoms with Gasteiger partial charge in [0.25, 0.3) is 0 Å². The van der Waals surface area contributed by atoms with Crippen LogP contribution in [-0.4, -0.2) is 36.2 Å². The fraction of sp³-hybridized carbons (Fsp3) is 0.103. The van der Waals surface area contributed by atoms with Gasteiger partial charge in [0.2, 0.25) is 0 Å². The molecule has 0 fully saturated rings. The van der Waals surface area contributed by atoms with E-state index in [2.05, 4.69) is 26.0 Å². The summed E-state index contributed by atoms with van der Waals surface area (Å²) in [6, 6.07) is 17.3. The van der Waals surface area contributed by atoms with Crippen LogP contribution in [0.15, 0.2) is 84.2 Å². The number of aromatic amines is 1. The van der Waals surface area contributed by atoms with E-state index in [4.69, 9.17) is 16.3 Å². The molecule has 6 aromatic rings. The lowest BCUT2D eigenvalue weighted by Gasteiger charge is -2.08. The standard InChI is InChI=1S/C29H23ClN6O2/c1-17-4-7-20(24-15-31-10-11-32-24)21(12-17)28-33-16-23(34-28)18-5-8-26-27(13-18)35(2)29(37)36(26)25-9-6-19(38-3)14-22(25)30/h4-16H,1-3H3,(H,33,34). The van der Waals surface area contributed by atoms with Gasteiger partial charge >= 0.3 is 5.69 Å². The van der Waals surface area contributed by atoms with Gasteiger partial charge in [0.05, 0.1) is 52.6 Å². The summed E-state index contributed by atoms with van der Waals surface area (Å²) in [5, 5.41) is 0.429. The fourth-order valence-corrected chi connectivity index (χ4v) is 4.91. The van der Waals surface area contributed by atoms with E-state index in [-0.39, 0.29) is 5.69 Å². The first kappa shape index (κ1) is 23.7. The van der Waals surface area contributed by atoms with Crippen LogP contribution in [0.2, 0.25) is 5.02 Å². The van der Waals surface area contributed by atoms with Crippen LogP contribution in [0.5, 0.6) is 5.75 Å². The molecule has 3 heterocycles. The second-order valence-electron chi connectivity index (χ2n) is 8.98. The summed E-state index contributed by atoms with van der Waals surface area (Å²) in [6.07, 6.45) is 6.87. The minimum atomic E-state index is -0.192. The third-order valence-electron chi connectivity index (χ3n) is 6.61. The van der Waals surface area contributed by atoms with E-state index >= 15 is 0 Å². The summed E-state index contributed by atoms with van der Waals surface area (Å²) < 4.78 is 8.48. The third kappa shape index (κ3) is 3.95. The summed E-state index contributed by atoms with van der Waals surface area (Å²) >= 11 is 6.51. The summed E-state index contributed by atoms with van der Waals surface area (Å²) in [4.78, 5) is 30.1. The van der Waals surface area contributed by atoms with E-state index in [0.29, 0.717) is 16.5 Å². The number of benzene rings is 3. The highest BCUT2D eigenvalue weighted by atomic mass is 35.5. The van der Waals surface area contributed by atoms with Crippen LogP contribution in [0.4, 0.5) is 0 Å². The molecule has 3 aromatic heterocycles. The predicted molar refractivity (Wildman–Crippen MR) is 149 cm³/mol. The van der Waals surface area contributed by atoms with Gasteiger partial charge in [-0.3, -0.25) is 19.1 Å². The molecule has 0 radical (unpaired) electrons. The number of hydrogen-bond acceptors (Lipinski definition) is 5. The maximum absolute atomic E-state index is 13.2. The van der Waals surface area contributed by atoms with Crippen molar-refractivity contribution in [2.24, 2.45) is 7.05 Å². The topological polar surface area (TPSA) is 90.6 Å². The van der Waals surface area contributed by atoms with Gasteiger partial charge in [-0.1, -0.05) is 35.4 Å². The van der Waals surface area contributed by atoms with E-state index in [1.54, 1.807) is 66.3 Å². The molecule has 0 aliphatic carbocycles. The van der Waals surface area contributed by atoms with Crippen molar-refractivity contribution >= 4 is 22.6 Å². The van der Waals surface area contributed by atoms with E-state index in [0.717, 1.165) is 50.5 Å². The first-order valence-corrected chi connectivity index (χ1v) is 12.3. The molecule has 6 rings (SSSR count). The Bertz CT molecular complexity index is 1870. The highest BCUT2D eigenvalue weighted by Crippen LogP contribution is 2.33. The fourth-order valence-electron chi connectivity index (χ4n) is 4.65. The van der Waals surface area contributed by atoms with E-state index in [9.17, 15) is 4.79 Å². The molecule has 188 valence electrons. The summed E-state index contributed by atoms with van der Waals surface area (Å²) in [7, 11) is 3.33. The molecular formula is C29H23ClN6O2. The normalized spacial score (nSPS) is 11.3. The number of methoxy groups -OCH3 is 1. The largest absolute Gasteiger partial charge is 0.497 e. The van der Waals surface area contributed by atoms with Crippen LogP contribution in [0.25, 0.3) is 50.6 Å². The zero-order valence-electron chi connectivity index (χ0n) is 20.9. The van der Waals surface area contributed by atoms with Crippen LogP contribution in [-0.2, 0) is 7.05 Å². The van der Waals surface area contributed by atoms with Gasteiger partial charge in [-0.25, -0.2) is 9.78 Å². The molecule has 0 atom stereocenters. The molecule has 8 nitrogen and oxygen atoms in total. The number of ether oxygens (including phenoxy) is 1. The summed E-state index contributed by atoms with van der Waals surface area (Å²) in [5.74, 6) is 1.35. The Labute approximate surface area is 223 Å². The average Bonchev–Trinajstić information content (AvgIpc) is 3.52. The average molecular weight is 523 g/mol. The molecule has 9 heteroatoms. The van der Waals surface area contributed by atoms with Crippen molar-refractivity contribution in [1.82, 2.24) is 29.1 Å². The SMILES string of the molecule is COc1ccc(-n2c(=O)n(C)c3cc(-c4cnc(-c5cc(C)ccc5-c5cnccn5)[nH]4)ccc32)c(Cl)c1. The quantitative estimate of drug-likeness (QED) is 0.308. The Balaban J connectivity index is 1.44. The van der Waals surface area contributed by atoms with Crippen molar-refractivity contribution in [3.8, 4) is 45.3 Å². The van der Waals surface area contributed by atoms with Gasteiger partial charge in [0.1, 0.15) is 11.6 Å². The van der Waals surface area contributed by atoms with Crippen LogP contribution in [0.3, 0.4) is 0 Å². The molecule has 0 aliphatic heterocycles. The van der Waals surface area contributed by atoms with Crippen molar-refractivity contribution in [2.45, 2.75) is 6.92 Å². The summed E-state index contributed by atoms with van der Waals surface area (Å²) in [6.45, 7) is 2.04. The second kappa shape index (κ2) is 9.32. The van der Waals surface area contributed by atoms with Gasteiger partial charge in [-0.2, -0.15) is 0 Å². The zero-order chi connectivity index (χ0) is 26.4. The van der Waals surface area contributed by atoms with Crippen molar-refractivity contribution < 1.29 is 4.74 Å². The number of fused-ring (bicyclic) bond motifs is 1. The smallest absolute Gasteiger partial charge is 0.333 e. The number of nitrogens with one attached hydrogen (secondary N) is 1. The number of halogens is 1. The van der Waals surface area contributed by atoms with Gasteiger partial charge in [-0.15, -0.1) is 0 Å². The van der Waals surface area contributed by atoms with Crippen molar-refractivity contribution in [3.63, 3.8) is 0 Å². The van der Waals surface area contributed by atoms with Crippen molar-refractivity contribution in [2.75, 3.05) is 7.11 Å². The second-order valence-corrected chi connectivity index (χ2v) is 9.39. The minimum Gasteiger partial charge on any atom is -0.497 e. The molecule has 0 bridgehead atoms. The number of aromatic nitrogens is 6. The first-order valence-electron chi connectivity index (χ1n) is 11.9. The number of imidazole rings is 2. The van der Waals surface area contributed by atoms with Crippen LogP contribution < -0.4 is 10.4 Å². The zero-order valence-corrected chi connectivity index (χ0v) is 21.7. The number of nitrogens with zero attached hydrogens (tertiary/aromatic N) is 5. The van der Waals surface area contributed by atoms with Crippen LogP contribution >= 0.6 is 11.6 Å². The molecule has 0 aliphatic rings. The minimum absolute atomic E-state index is 0.192. The van der Waals surface area contributed by atoms with Crippen LogP contribution in [0, 0.1) is 6.92 Å². The molecule has 38 heavy (non-hydrogen) atoms. The Morgan fingerprint density at radius 2 is 1.79 bits per heavy atom. The molecule has 0 unspecified atom stereocenters. The van der Waals surface area contributed by atoms with Crippen molar-refractivity contribution in [1.29, 1.82) is 0 Å². The van der Waals surface area contributed by atoms with Crippen molar-refractivity contribution in [3.05, 3.63) is 100 Å². The highest BCUT2D eigenvalue weighted by Gasteiger charge is 2.17. The molecule has 0 spiro atoms. The van der Waals surface area contributed by atoms with E-state index < -0.39 is 0 Å². The number of aryl methyl sites for hydroxylation is 2. The van der Waals surface area contributed by atoms with Crippen LogP contribution in [0.1, 0.15) is 5.56 Å². The van der Waals surface area contributed by atoms with E-state index in [1.807, 2.05) is 37.3 Å². The summed E-state index contributed by atoms with van der Waals surface area (Å²) in [5.41, 5.74) is 7.41. The molecular weight excluding hydrogens is 500 g/mol. The van der Waals surface area contributed by atoms with E-state index in [1.165, 1.54) is 0 Å². The molecule has 0 amide bonds. The maximum atomic E-state index is 13.2. The number of H-pyrrole nitrogens is 1. The maximum Gasteiger partial charge on any atom is 0.333 e. The Kier molecular flexibility index (Phi) is 5.81.